The van der Waals surface area contributed by atoms with Crippen molar-refractivity contribution < 1.29 is 9.64 Å². The first-order valence-corrected chi connectivity index (χ1v) is 7.26. The third-order valence-corrected chi connectivity index (χ3v) is 3.27. The molecule has 0 unspecified atom stereocenters. The molecule has 0 aliphatic heterocycles. The van der Waals surface area contributed by atoms with Crippen LogP contribution in [-0.4, -0.2) is 26.2 Å². The zero-order chi connectivity index (χ0) is 15.0. The van der Waals surface area contributed by atoms with Crippen molar-refractivity contribution in [3.05, 3.63) is 55.1 Å². The van der Waals surface area contributed by atoms with Crippen LogP contribution in [0.4, 0.5) is 0 Å². The molecule has 0 aliphatic rings. The number of nitrogens with one attached hydrogen (secondary N) is 1. The van der Waals surface area contributed by atoms with E-state index in [0.29, 0.717) is 6.61 Å². The third-order valence-electron chi connectivity index (χ3n) is 3.27. The molecule has 2 nitrogen and oxygen atoms in total. The zero-order valence-electron chi connectivity index (χ0n) is 13.1. The van der Waals surface area contributed by atoms with Crippen molar-refractivity contribution in [3.8, 4) is 5.75 Å². The van der Waals surface area contributed by atoms with Gasteiger partial charge in [0.1, 0.15) is 18.9 Å². The summed E-state index contributed by atoms with van der Waals surface area (Å²) in [5.41, 5.74) is 1.36. The molecule has 0 saturated carbocycles. The van der Waals surface area contributed by atoms with E-state index in [1.165, 1.54) is 10.5 Å². The maximum Gasteiger partial charge on any atom is 0.137 e. The molecule has 1 N–H and O–H groups in total. The number of para-hydroxylation sites is 1. The van der Waals surface area contributed by atoms with Crippen molar-refractivity contribution in [1.82, 2.24) is 0 Å². The molecule has 0 aromatic heterocycles. The van der Waals surface area contributed by atoms with Gasteiger partial charge in [0.2, 0.25) is 0 Å². The van der Waals surface area contributed by atoms with Crippen LogP contribution >= 0.6 is 0 Å². The van der Waals surface area contributed by atoms with Gasteiger partial charge in [-0.05, 0) is 29.2 Å². The van der Waals surface area contributed by atoms with Gasteiger partial charge >= 0.3 is 0 Å². The lowest BCUT2D eigenvalue weighted by Gasteiger charge is -2.23. The summed E-state index contributed by atoms with van der Waals surface area (Å²) in [6.45, 7) is 17.8. The first kappa shape index (κ1) is 16.5. The van der Waals surface area contributed by atoms with Gasteiger partial charge < -0.3 is 9.64 Å². The van der Waals surface area contributed by atoms with Gasteiger partial charge in [0.15, 0.2) is 0 Å². The number of rotatable bonds is 8. The van der Waals surface area contributed by atoms with Gasteiger partial charge in [-0.2, -0.15) is 0 Å². The topological polar surface area (TPSA) is 13.7 Å². The molecule has 0 saturated heterocycles. The fourth-order valence-corrected chi connectivity index (χ4v) is 2.21. The summed E-state index contributed by atoms with van der Waals surface area (Å²) in [7, 11) is 0. The van der Waals surface area contributed by atoms with Crippen LogP contribution in [0.1, 0.15) is 26.3 Å². The van der Waals surface area contributed by atoms with Gasteiger partial charge in [-0.1, -0.05) is 52.1 Å². The summed E-state index contributed by atoms with van der Waals surface area (Å²) in [6, 6.07) is 8.30. The monoisotopic (exact) mass is 274 g/mol. The Kier molecular flexibility index (Phi) is 6.53. The summed E-state index contributed by atoms with van der Waals surface area (Å²) in [5, 5.41) is 0. The third kappa shape index (κ3) is 5.22. The number of benzene rings is 1. The average Bonchev–Trinajstić information content (AvgIpc) is 2.38. The Morgan fingerprint density at radius 2 is 1.70 bits per heavy atom. The van der Waals surface area contributed by atoms with Gasteiger partial charge in [0, 0.05) is 0 Å². The summed E-state index contributed by atoms with van der Waals surface area (Å²) >= 11 is 0. The highest BCUT2D eigenvalue weighted by atomic mass is 16.5. The summed E-state index contributed by atoms with van der Waals surface area (Å²) in [6.07, 6.45) is 3.89. The Hall–Kier alpha value is -1.54. The molecular weight excluding hydrogens is 246 g/mol. The summed E-state index contributed by atoms with van der Waals surface area (Å²) in [4.78, 5) is 1.42. The highest BCUT2D eigenvalue weighted by Crippen LogP contribution is 2.30. The molecule has 0 amide bonds. The van der Waals surface area contributed by atoms with Gasteiger partial charge in [-0.15, -0.1) is 0 Å². The number of ether oxygens (including phenoxy) is 1. The number of hydrogen-bond acceptors (Lipinski definition) is 1. The predicted octanol–water partition coefficient (Wildman–Crippen LogP) is 2.62. The van der Waals surface area contributed by atoms with Crippen molar-refractivity contribution in [2.45, 2.75) is 26.2 Å². The smallest absolute Gasteiger partial charge is 0.137 e. The predicted molar refractivity (Wildman–Crippen MR) is 86.6 cm³/mol. The molecule has 0 atom stereocenters. The minimum atomic E-state index is 0.103. The van der Waals surface area contributed by atoms with Crippen molar-refractivity contribution in [2.75, 3.05) is 26.2 Å². The molecule has 0 heterocycles. The molecule has 0 bridgehead atoms. The minimum absolute atomic E-state index is 0.103. The molecule has 1 aromatic rings. The Balaban J connectivity index is 2.61. The second-order valence-corrected chi connectivity index (χ2v) is 6.08. The van der Waals surface area contributed by atoms with Gasteiger partial charge in [0.05, 0.1) is 13.1 Å². The van der Waals surface area contributed by atoms with E-state index in [9.17, 15) is 0 Å². The largest absolute Gasteiger partial charge is 0.487 e. The minimum Gasteiger partial charge on any atom is -0.487 e. The lowest BCUT2D eigenvalue weighted by Crippen LogP contribution is -3.12. The highest BCUT2D eigenvalue weighted by Gasteiger charge is 2.18. The molecule has 0 aliphatic carbocycles. The Bertz CT molecular complexity index is 421. The van der Waals surface area contributed by atoms with Crippen molar-refractivity contribution in [2.24, 2.45) is 0 Å². The summed E-state index contributed by atoms with van der Waals surface area (Å²) < 4.78 is 6.00. The molecule has 20 heavy (non-hydrogen) atoms. The molecule has 0 radical (unpaired) electrons. The Morgan fingerprint density at radius 3 is 2.25 bits per heavy atom. The fraction of sp³-hybridized carbons (Fsp3) is 0.444. The van der Waals surface area contributed by atoms with Crippen molar-refractivity contribution in [3.63, 3.8) is 0 Å². The SMILES string of the molecule is C=CC[NH+](CC=C)CCOc1ccccc1C(C)(C)C. The second-order valence-electron chi connectivity index (χ2n) is 6.08. The van der Waals surface area contributed by atoms with Crippen LogP contribution < -0.4 is 9.64 Å². The van der Waals surface area contributed by atoms with E-state index < -0.39 is 0 Å². The van der Waals surface area contributed by atoms with E-state index in [4.69, 9.17) is 4.74 Å². The molecule has 0 spiro atoms. The second kappa shape index (κ2) is 7.91. The van der Waals surface area contributed by atoms with Crippen molar-refractivity contribution >= 4 is 0 Å². The van der Waals surface area contributed by atoms with Crippen LogP contribution in [0.15, 0.2) is 49.6 Å². The van der Waals surface area contributed by atoms with Crippen LogP contribution in [0.2, 0.25) is 0 Å². The van der Waals surface area contributed by atoms with E-state index in [1.54, 1.807) is 0 Å². The standard InChI is InChI=1S/C18H27NO/c1-6-12-19(13-7-2)14-15-20-17-11-9-8-10-16(17)18(3,4)5/h6-11H,1-2,12-15H2,3-5H3/p+1. The van der Waals surface area contributed by atoms with Crippen LogP contribution in [0.3, 0.4) is 0 Å². The summed E-state index contributed by atoms with van der Waals surface area (Å²) in [5.74, 6) is 0.997. The Labute approximate surface area is 123 Å². The van der Waals surface area contributed by atoms with Gasteiger partial charge in [0.25, 0.3) is 0 Å². The van der Waals surface area contributed by atoms with Gasteiger partial charge in [-0.3, -0.25) is 0 Å². The van der Waals surface area contributed by atoms with E-state index in [0.717, 1.165) is 25.4 Å². The number of hydrogen-bond donors (Lipinski definition) is 1. The molecule has 110 valence electrons. The Morgan fingerprint density at radius 1 is 1.10 bits per heavy atom. The van der Waals surface area contributed by atoms with E-state index in [2.05, 4.69) is 52.1 Å². The maximum atomic E-state index is 6.00. The quantitative estimate of drug-likeness (QED) is 0.720. The maximum absolute atomic E-state index is 6.00. The van der Waals surface area contributed by atoms with Crippen LogP contribution in [0, 0.1) is 0 Å². The van der Waals surface area contributed by atoms with E-state index in [1.807, 2.05) is 18.2 Å². The molecular formula is C18H28NO+. The lowest BCUT2D eigenvalue weighted by molar-refractivity contribution is -0.888. The molecule has 2 heteroatoms. The number of quaternary nitrogens is 1. The molecule has 0 fully saturated rings. The van der Waals surface area contributed by atoms with E-state index in [-0.39, 0.29) is 5.41 Å². The van der Waals surface area contributed by atoms with Crippen LogP contribution in [0.25, 0.3) is 0 Å². The van der Waals surface area contributed by atoms with Gasteiger partial charge in [-0.25, -0.2) is 0 Å². The first-order chi connectivity index (χ1) is 9.49. The average molecular weight is 274 g/mol. The highest BCUT2D eigenvalue weighted by molar-refractivity contribution is 5.38. The normalized spacial score (nSPS) is 11.4. The molecule has 1 rings (SSSR count). The van der Waals surface area contributed by atoms with Crippen LogP contribution in [0.5, 0.6) is 5.75 Å². The molecule has 1 aromatic carbocycles. The lowest BCUT2D eigenvalue weighted by atomic mass is 9.86. The zero-order valence-corrected chi connectivity index (χ0v) is 13.1. The van der Waals surface area contributed by atoms with Crippen LogP contribution in [-0.2, 0) is 5.41 Å². The van der Waals surface area contributed by atoms with E-state index >= 15 is 0 Å². The van der Waals surface area contributed by atoms with Crippen molar-refractivity contribution in [1.29, 1.82) is 0 Å². The first-order valence-electron chi connectivity index (χ1n) is 7.26. The fourth-order valence-electron chi connectivity index (χ4n) is 2.21.